The minimum atomic E-state index is -1.14. The van der Waals surface area contributed by atoms with Gasteiger partial charge < -0.3 is 21.1 Å². The molecule has 2 aliphatic heterocycles. The number of aliphatic carboxylic acids is 1. The van der Waals surface area contributed by atoms with Gasteiger partial charge in [0.15, 0.2) is 11.2 Å². The summed E-state index contributed by atoms with van der Waals surface area (Å²) in [7, 11) is 0. The number of thioether (sulfide) groups is 2. The average Bonchev–Trinajstić information content (AvgIpc) is 2.64. The molecule has 2 heterocycles. The minimum absolute atomic E-state index is 0.117. The molecular weight excluding hydrogens is 388 g/mol. The summed E-state index contributed by atoms with van der Waals surface area (Å²) in [5.41, 5.74) is 6.65. The Morgan fingerprint density at radius 3 is 2.67 bits per heavy atom. The van der Waals surface area contributed by atoms with E-state index in [2.05, 4.69) is 5.32 Å². The average molecular weight is 406 g/mol. The van der Waals surface area contributed by atoms with Crippen LogP contribution in [-0.4, -0.2) is 56.2 Å². The summed E-state index contributed by atoms with van der Waals surface area (Å²) in [6, 6.07) is 7.33. The molecule has 1 aromatic rings. The van der Waals surface area contributed by atoms with E-state index >= 15 is 0 Å². The molecule has 3 atom stereocenters. The Morgan fingerprint density at radius 2 is 2.04 bits per heavy atom. The summed E-state index contributed by atoms with van der Waals surface area (Å²) >= 11 is 2.30. The molecule has 0 saturated carbocycles. The van der Waals surface area contributed by atoms with Gasteiger partial charge in [0.25, 0.3) is 0 Å². The number of β-lactam (4-membered cyclic amide) rings is 1. The Morgan fingerprint density at radius 1 is 1.33 bits per heavy atom. The molecular formula is C17H18N4O4S2. The topological polar surface area (TPSA) is 137 Å². The van der Waals surface area contributed by atoms with E-state index in [4.69, 9.17) is 11.1 Å². The Kier molecular flexibility index (Phi) is 5.76. The number of carbonyl (C=O) groups is 3. The number of amidine groups is 1. The first-order valence-electron chi connectivity index (χ1n) is 8.08. The summed E-state index contributed by atoms with van der Waals surface area (Å²) in [5, 5.41) is 20.6. The van der Waals surface area contributed by atoms with Crippen LogP contribution in [0.1, 0.15) is 5.56 Å². The van der Waals surface area contributed by atoms with Crippen molar-refractivity contribution in [2.24, 2.45) is 5.73 Å². The standard InChI is InChI=1S/C17H18N4O4S2/c18-17(19)27-8-10-7-26-15-12(14(23)21(15)13(10)16(24)25)20-11(22)6-9-4-2-1-3-5-9/h1-5,7,12-13,15H,6,8H2,(H3,18,19)(H,20,22)(H,24,25). The van der Waals surface area contributed by atoms with Gasteiger partial charge in [0, 0.05) is 5.75 Å². The van der Waals surface area contributed by atoms with Gasteiger partial charge in [-0.3, -0.25) is 15.0 Å². The highest BCUT2D eigenvalue weighted by molar-refractivity contribution is 8.13. The van der Waals surface area contributed by atoms with E-state index in [1.165, 1.54) is 16.7 Å². The lowest BCUT2D eigenvalue weighted by atomic mass is 9.98. The van der Waals surface area contributed by atoms with Crippen LogP contribution in [0.4, 0.5) is 0 Å². The molecule has 0 bridgehead atoms. The van der Waals surface area contributed by atoms with E-state index in [-0.39, 0.29) is 23.2 Å². The zero-order valence-corrected chi connectivity index (χ0v) is 15.8. The number of benzene rings is 1. The van der Waals surface area contributed by atoms with E-state index in [1.54, 1.807) is 5.41 Å². The Balaban J connectivity index is 1.67. The molecule has 0 radical (unpaired) electrons. The second kappa shape index (κ2) is 8.05. The maximum absolute atomic E-state index is 12.5. The maximum Gasteiger partial charge on any atom is 0.330 e. The third-order valence-corrected chi connectivity index (χ3v) is 6.23. The van der Waals surface area contributed by atoms with Crippen molar-refractivity contribution < 1.29 is 19.5 Å². The molecule has 0 aromatic heterocycles. The molecule has 10 heteroatoms. The number of carbonyl (C=O) groups excluding carboxylic acids is 2. The number of hydrogen-bond acceptors (Lipinski definition) is 6. The van der Waals surface area contributed by atoms with E-state index in [9.17, 15) is 19.5 Å². The minimum Gasteiger partial charge on any atom is -0.479 e. The summed E-state index contributed by atoms with van der Waals surface area (Å²) in [5.74, 6) is -1.62. The predicted molar refractivity (Wildman–Crippen MR) is 104 cm³/mol. The van der Waals surface area contributed by atoms with Crippen LogP contribution < -0.4 is 11.1 Å². The largest absolute Gasteiger partial charge is 0.479 e. The van der Waals surface area contributed by atoms with Crippen molar-refractivity contribution in [3.63, 3.8) is 0 Å². The first-order chi connectivity index (χ1) is 12.9. The Bertz CT molecular complexity index is 814. The lowest BCUT2D eigenvalue weighted by Gasteiger charge is -2.51. The Labute approximate surface area is 164 Å². The van der Waals surface area contributed by atoms with Crippen LogP contribution in [0.3, 0.4) is 0 Å². The number of nitrogens with zero attached hydrogens (tertiary/aromatic N) is 1. The monoisotopic (exact) mass is 406 g/mol. The van der Waals surface area contributed by atoms with Crippen LogP contribution in [0.5, 0.6) is 0 Å². The molecule has 2 aliphatic rings. The Hall–Kier alpha value is -2.46. The smallest absolute Gasteiger partial charge is 0.330 e. The maximum atomic E-state index is 12.5. The van der Waals surface area contributed by atoms with Gasteiger partial charge in [0.2, 0.25) is 11.8 Å². The SMILES string of the molecule is N=C(N)SCC1=CSC2C(NC(=O)Cc3ccccc3)C(=O)N2C1C(=O)O. The third-order valence-electron chi connectivity index (χ3n) is 4.22. The molecule has 5 N–H and O–H groups in total. The molecule has 142 valence electrons. The molecule has 1 fully saturated rings. The fraction of sp³-hybridized carbons (Fsp3) is 0.294. The van der Waals surface area contributed by atoms with Crippen LogP contribution in [0.2, 0.25) is 0 Å². The molecule has 2 amide bonds. The molecule has 1 saturated heterocycles. The number of nitrogens with one attached hydrogen (secondary N) is 2. The number of fused-ring (bicyclic) bond motifs is 1. The summed E-state index contributed by atoms with van der Waals surface area (Å²) in [4.78, 5) is 37.7. The van der Waals surface area contributed by atoms with Gasteiger partial charge in [-0.05, 0) is 16.5 Å². The molecule has 3 rings (SSSR count). The first-order valence-corrected chi connectivity index (χ1v) is 10.0. The van der Waals surface area contributed by atoms with Crippen LogP contribution in [-0.2, 0) is 20.8 Å². The number of hydrogen-bond donors (Lipinski definition) is 4. The van der Waals surface area contributed by atoms with Crippen molar-refractivity contribution in [3.8, 4) is 0 Å². The van der Waals surface area contributed by atoms with Gasteiger partial charge in [0.05, 0.1) is 6.42 Å². The summed E-state index contributed by atoms with van der Waals surface area (Å²) in [6.07, 6.45) is 0.153. The molecule has 8 nitrogen and oxygen atoms in total. The number of rotatable bonds is 6. The first kappa shape index (κ1) is 19.3. The molecule has 3 unspecified atom stereocenters. The number of carboxylic acid groups (broad SMARTS) is 1. The van der Waals surface area contributed by atoms with Crippen molar-refractivity contribution in [3.05, 3.63) is 46.9 Å². The van der Waals surface area contributed by atoms with Crippen molar-refractivity contribution >= 4 is 46.5 Å². The van der Waals surface area contributed by atoms with Crippen molar-refractivity contribution in [1.82, 2.24) is 10.2 Å². The predicted octanol–water partition coefficient (Wildman–Crippen LogP) is 0.593. The summed E-state index contributed by atoms with van der Waals surface area (Å²) < 4.78 is 0. The van der Waals surface area contributed by atoms with Gasteiger partial charge >= 0.3 is 5.97 Å². The quantitative estimate of drug-likeness (QED) is 0.308. The molecule has 1 aromatic carbocycles. The fourth-order valence-corrected chi connectivity index (χ4v) is 4.89. The second-order valence-electron chi connectivity index (χ2n) is 6.07. The number of amides is 2. The molecule has 27 heavy (non-hydrogen) atoms. The van der Waals surface area contributed by atoms with Crippen LogP contribution in [0.25, 0.3) is 0 Å². The molecule has 0 spiro atoms. The van der Waals surface area contributed by atoms with Crippen molar-refractivity contribution in [2.45, 2.75) is 23.9 Å². The fourth-order valence-electron chi connectivity index (χ4n) is 3.00. The van der Waals surface area contributed by atoms with Crippen molar-refractivity contribution in [1.29, 1.82) is 5.41 Å². The van der Waals surface area contributed by atoms with E-state index in [1.807, 2.05) is 30.3 Å². The zero-order chi connectivity index (χ0) is 19.6. The molecule has 0 aliphatic carbocycles. The van der Waals surface area contributed by atoms with Gasteiger partial charge in [-0.25, -0.2) is 4.79 Å². The summed E-state index contributed by atoms with van der Waals surface area (Å²) in [6.45, 7) is 0. The third kappa shape index (κ3) is 4.11. The van der Waals surface area contributed by atoms with Gasteiger partial charge in [-0.2, -0.15) is 0 Å². The normalized spacial score (nSPS) is 23.7. The van der Waals surface area contributed by atoms with Gasteiger partial charge in [0.1, 0.15) is 11.4 Å². The van der Waals surface area contributed by atoms with Gasteiger partial charge in [-0.15, -0.1) is 11.8 Å². The van der Waals surface area contributed by atoms with E-state index in [0.717, 1.165) is 17.3 Å². The van der Waals surface area contributed by atoms with Gasteiger partial charge in [-0.1, -0.05) is 42.1 Å². The second-order valence-corrected chi connectivity index (χ2v) is 8.07. The van der Waals surface area contributed by atoms with Crippen LogP contribution in [0.15, 0.2) is 41.3 Å². The van der Waals surface area contributed by atoms with Crippen LogP contribution >= 0.6 is 23.5 Å². The van der Waals surface area contributed by atoms with E-state index in [0.29, 0.717) is 5.57 Å². The lowest BCUT2D eigenvalue weighted by molar-refractivity contribution is -0.160. The van der Waals surface area contributed by atoms with Crippen LogP contribution in [0, 0.1) is 5.41 Å². The highest BCUT2D eigenvalue weighted by Crippen LogP contribution is 2.40. The van der Waals surface area contributed by atoms with Crippen molar-refractivity contribution in [2.75, 3.05) is 5.75 Å². The number of carboxylic acids is 1. The highest BCUT2D eigenvalue weighted by Gasteiger charge is 2.55. The van der Waals surface area contributed by atoms with E-state index < -0.39 is 29.3 Å². The lowest BCUT2D eigenvalue weighted by Crippen LogP contribution is -2.74. The zero-order valence-electron chi connectivity index (χ0n) is 14.1. The highest BCUT2D eigenvalue weighted by atomic mass is 32.2. The number of nitrogens with two attached hydrogens (primary N) is 1.